The van der Waals surface area contributed by atoms with Gasteiger partial charge in [-0.1, -0.05) is 12.1 Å². The second-order valence-electron chi connectivity index (χ2n) is 6.22. The third-order valence-corrected chi connectivity index (χ3v) is 4.69. The predicted molar refractivity (Wildman–Crippen MR) is 94.3 cm³/mol. The zero-order valence-corrected chi connectivity index (χ0v) is 14.2. The summed E-state index contributed by atoms with van der Waals surface area (Å²) in [6.45, 7) is 2.78. The highest BCUT2D eigenvalue weighted by atomic mass is 16.5. The van der Waals surface area contributed by atoms with Crippen LogP contribution in [0.3, 0.4) is 0 Å². The van der Waals surface area contributed by atoms with Gasteiger partial charge in [-0.25, -0.2) is 4.98 Å². The van der Waals surface area contributed by atoms with Crippen molar-refractivity contribution in [1.82, 2.24) is 19.4 Å². The number of carbonyl (C=O) groups excluding carboxylic acids is 1. The summed E-state index contributed by atoms with van der Waals surface area (Å²) in [5, 5.41) is 1.27. The fourth-order valence-corrected chi connectivity index (χ4v) is 3.50. The van der Waals surface area contributed by atoms with Crippen molar-refractivity contribution < 1.29 is 9.53 Å². The number of rotatable bonds is 4. The van der Waals surface area contributed by atoms with Gasteiger partial charge in [0.15, 0.2) is 0 Å². The van der Waals surface area contributed by atoms with Crippen LogP contribution in [-0.4, -0.2) is 45.6 Å². The van der Waals surface area contributed by atoms with E-state index in [9.17, 15) is 4.79 Å². The Morgan fingerprint density at radius 3 is 3.00 bits per heavy atom. The number of hydrogen-bond donors (Lipinski definition) is 0. The molecule has 25 heavy (non-hydrogen) atoms. The molecular formula is C19H20N4O2. The molecule has 0 N–H and O–H groups in total. The van der Waals surface area contributed by atoms with Crippen LogP contribution < -0.4 is 0 Å². The Hall–Kier alpha value is -2.73. The quantitative estimate of drug-likeness (QED) is 0.733. The maximum absolute atomic E-state index is 12.8. The van der Waals surface area contributed by atoms with Crippen molar-refractivity contribution in [1.29, 1.82) is 0 Å². The lowest BCUT2D eigenvalue weighted by atomic mass is 10.1. The molecule has 3 aromatic rings. The van der Waals surface area contributed by atoms with Gasteiger partial charge in [0, 0.05) is 56.2 Å². The van der Waals surface area contributed by atoms with Crippen molar-refractivity contribution in [3.63, 3.8) is 0 Å². The molecule has 0 fully saturated rings. The molecule has 1 aliphatic heterocycles. The molecule has 4 rings (SSSR count). The van der Waals surface area contributed by atoms with Crippen LogP contribution in [0.15, 0.2) is 43.0 Å². The van der Waals surface area contributed by atoms with Crippen molar-refractivity contribution in [2.24, 2.45) is 0 Å². The molecule has 0 aliphatic carbocycles. The van der Waals surface area contributed by atoms with Crippen LogP contribution >= 0.6 is 0 Å². The van der Waals surface area contributed by atoms with Crippen LogP contribution in [0.25, 0.3) is 10.9 Å². The first-order valence-electron chi connectivity index (χ1n) is 8.42. The molecule has 2 aromatic heterocycles. The number of hydrogen-bond acceptors (Lipinski definition) is 4. The second-order valence-corrected chi connectivity index (χ2v) is 6.22. The summed E-state index contributed by atoms with van der Waals surface area (Å²) >= 11 is 0. The molecular weight excluding hydrogens is 316 g/mol. The molecule has 0 bridgehead atoms. The number of aromatic nitrogens is 3. The number of ether oxygens (including phenoxy) is 1. The SMILES string of the molecule is COCCn1cc2c3c(cccc31)CN(C(=O)c1cnccn1)CC2. The van der Waals surface area contributed by atoms with E-state index in [-0.39, 0.29) is 5.91 Å². The van der Waals surface area contributed by atoms with Gasteiger partial charge in [0.2, 0.25) is 0 Å². The van der Waals surface area contributed by atoms with Gasteiger partial charge >= 0.3 is 0 Å². The summed E-state index contributed by atoms with van der Waals surface area (Å²) in [5.74, 6) is -0.0671. The first-order valence-corrected chi connectivity index (χ1v) is 8.42. The minimum Gasteiger partial charge on any atom is -0.383 e. The topological polar surface area (TPSA) is 60.2 Å². The van der Waals surface area contributed by atoms with Crippen LogP contribution in [0, 0.1) is 0 Å². The van der Waals surface area contributed by atoms with E-state index < -0.39 is 0 Å². The van der Waals surface area contributed by atoms with Crippen LogP contribution in [0.4, 0.5) is 0 Å². The van der Waals surface area contributed by atoms with E-state index in [1.54, 1.807) is 19.5 Å². The number of carbonyl (C=O) groups is 1. The Kier molecular flexibility index (Phi) is 4.19. The van der Waals surface area contributed by atoms with Gasteiger partial charge in [-0.2, -0.15) is 0 Å². The highest BCUT2D eigenvalue weighted by Gasteiger charge is 2.23. The van der Waals surface area contributed by atoms with Crippen LogP contribution in [-0.2, 0) is 24.2 Å². The van der Waals surface area contributed by atoms with Crippen molar-refractivity contribution >= 4 is 16.8 Å². The molecule has 0 radical (unpaired) electrons. The number of benzene rings is 1. The average Bonchev–Trinajstić information content (AvgIpc) is 2.90. The summed E-state index contributed by atoms with van der Waals surface area (Å²) in [5.41, 5.74) is 4.07. The Morgan fingerprint density at radius 2 is 2.20 bits per heavy atom. The molecule has 0 atom stereocenters. The Balaban J connectivity index is 1.68. The molecule has 0 spiro atoms. The standard InChI is InChI=1S/C19H20N4O2/c1-25-10-9-22-12-15-5-8-23(19(24)16-11-20-6-7-21-16)13-14-3-2-4-17(22)18(14)15/h2-4,6-7,11-12H,5,8-10,13H2,1H3. The van der Waals surface area contributed by atoms with Gasteiger partial charge in [0.1, 0.15) is 5.69 Å². The molecule has 128 valence electrons. The lowest BCUT2D eigenvalue weighted by Gasteiger charge is -2.20. The third-order valence-electron chi connectivity index (χ3n) is 4.69. The summed E-state index contributed by atoms with van der Waals surface area (Å²) in [6, 6.07) is 6.30. The van der Waals surface area contributed by atoms with E-state index in [2.05, 4.69) is 38.9 Å². The molecule has 0 saturated heterocycles. The molecule has 0 unspecified atom stereocenters. The van der Waals surface area contributed by atoms with Gasteiger partial charge in [-0.15, -0.1) is 0 Å². The van der Waals surface area contributed by atoms with Gasteiger partial charge in [0.25, 0.3) is 5.91 Å². The van der Waals surface area contributed by atoms with E-state index in [0.717, 1.165) is 13.0 Å². The minimum absolute atomic E-state index is 0.0671. The molecule has 1 aliphatic rings. The fraction of sp³-hybridized carbons (Fsp3) is 0.316. The summed E-state index contributed by atoms with van der Waals surface area (Å²) in [7, 11) is 1.72. The van der Waals surface area contributed by atoms with Crippen LogP contribution in [0.2, 0.25) is 0 Å². The lowest BCUT2D eigenvalue weighted by Crippen LogP contribution is -2.32. The Labute approximate surface area is 146 Å². The maximum Gasteiger partial charge on any atom is 0.274 e. The maximum atomic E-state index is 12.8. The molecule has 0 saturated carbocycles. The highest BCUT2D eigenvalue weighted by Crippen LogP contribution is 2.29. The number of methoxy groups -OCH3 is 1. The summed E-state index contributed by atoms with van der Waals surface area (Å²) in [4.78, 5) is 22.8. The Bertz CT molecular complexity index is 904. The van der Waals surface area contributed by atoms with Crippen LogP contribution in [0.1, 0.15) is 21.6 Å². The molecule has 3 heterocycles. The van der Waals surface area contributed by atoms with Gasteiger partial charge in [-0.3, -0.25) is 9.78 Å². The summed E-state index contributed by atoms with van der Waals surface area (Å²) < 4.78 is 7.47. The van der Waals surface area contributed by atoms with Crippen molar-refractivity contribution in [2.45, 2.75) is 19.5 Å². The zero-order chi connectivity index (χ0) is 17.2. The smallest absolute Gasteiger partial charge is 0.274 e. The van der Waals surface area contributed by atoms with Crippen molar-refractivity contribution in [3.8, 4) is 0 Å². The van der Waals surface area contributed by atoms with E-state index >= 15 is 0 Å². The highest BCUT2D eigenvalue weighted by molar-refractivity contribution is 5.93. The second kappa shape index (κ2) is 6.64. The molecule has 6 nitrogen and oxygen atoms in total. The Morgan fingerprint density at radius 1 is 1.28 bits per heavy atom. The van der Waals surface area contributed by atoms with Crippen molar-refractivity contribution in [2.75, 3.05) is 20.3 Å². The summed E-state index contributed by atoms with van der Waals surface area (Å²) in [6.07, 6.45) is 7.69. The number of amides is 1. The predicted octanol–water partition coefficient (Wildman–Crippen LogP) is 2.28. The minimum atomic E-state index is -0.0671. The largest absolute Gasteiger partial charge is 0.383 e. The van der Waals surface area contributed by atoms with E-state index in [1.165, 1.54) is 28.2 Å². The molecule has 1 amide bonds. The van der Waals surface area contributed by atoms with Crippen molar-refractivity contribution in [3.05, 3.63) is 59.8 Å². The first kappa shape index (κ1) is 15.8. The fourth-order valence-electron chi connectivity index (χ4n) is 3.50. The molecule has 6 heteroatoms. The average molecular weight is 336 g/mol. The van der Waals surface area contributed by atoms with Crippen LogP contribution in [0.5, 0.6) is 0 Å². The van der Waals surface area contributed by atoms with E-state index in [0.29, 0.717) is 25.4 Å². The first-order chi connectivity index (χ1) is 12.3. The van der Waals surface area contributed by atoms with E-state index in [1.807, 2.05) is 4.90 Å². The van der Waals surface area contributed by atoms with E-state index in [4.69, 9.17) is 4.74 Å². The van der Waals surface area contributed by atoms with Gasteiger partial charge in [-0.05, 0) is 23.6 Å². The monoisotopic (exact) mass is 336 g/mol. The van der Waals surface area contributed by atoms with Gasteiger partial charge in [0.05, 0.1) is 12.8 Å². The zero-order valence-electron chi connectivity index (χ0n) is 14.2. The molecule has 1 aromatic carbocycles. The lowest BCUT2D eigenvalue weighted by molar-refractivity contribution is 0.0741. The third kappa shape index (κ3) is 2.89. The number of nitrogens with zero attached hydrogens (tertiary/aromatic N) is 4. The van der Waals surface area contributed by atoms with Gasteiger partial charge < -0.3 is 14.2 Å². The normalized spacial score (nSPS) is 13.9.